The second kappa shape index (κ2) is 4.32. The van der Waals surface area contributed by atoms with Gasteiger partial charge in [-0.2, -0.15) is 0 Å². The smallest absolute Gasteiger partial charge is 0.123 e. The van der Waals surface area contributed by atoms with Crippen molar-refractivity contribution < 1.29 is 4.39 Å². The summed E-state index contributed by atoms with van der Waals surface area (Å²) in [6.45, 7) is 0. The summed E-state index contributed by atoms with van der Waals surface area (Å²) in [6.07, 6.45) is 6.92. The highest BCUT2D eigenvalue weighted by Gasteiger charge is 2.19. The van der Waals surface area contributed by atoms with Crippen LogP contribution in [0.3, 0.4) is 0 Å². The SMILES string of the molecule is Fc1ccc(-c2cnc(C3CCCC3)[nH]2)cc1. The van der Waals surface area contributed by atoms with Gasteiger partial charge in [-0.15, -0.1) is 0 Å². The van der Waals surface area contributed by atoms with Crippen molar-refractivity contribution in [2.45, 2.75) is 31.6 Å². The Labute approximate surface area is 99.9 Å². The number of nitrogens with one attached hydrogen (secondary N) is 1. The molecule has 3 rings (SSSR count). The summed E-state index contributed by atoms with van der Waals surface area (Å²) in [5, 5.41) is 0. The Morgan fingerprint density at radius 2 is 1.82 bits per heavy atom. The van der Waals surface area contributed by atoms with Crippen LogP contribution in [0.5, 0.6) is 0 Å². The van der Waals surface area contributed by atoms with Crippen molar-refractivity contribution in [1.82, 2.24) is 9.97 Å². The van der Waals surface area contributed by atoms with E-state index in [1.165, 1.54) is 37.8 Å². The van der Waals surface area contributed by atoms with Gasteiger partial charge in [-0.1, -0.05) is 12.8 Å². The van der Waals surface area contributed by atoms with Crippen LogP contribution in [0.15, 0.2) is 30.5 Å². The van der Waals surface area contributed by atoms with Gasteiger partial charge in [-0.3, -0.25) is 0 Å². The average Bonchev–Trinajstić information content (AvgIpc) is 3.00. The fourth-order valence-corrected chi connectivity index (χ4v) is 2.52. The molecular weight excluding hydrogens is 215 g/mol. The van der Waals surface area contributed by atoms with E-state index < -0.39 is 0 Å². The van der Waals surface area contributed by atoms with E-state index in [1.54, 1.807) is 12.1 Å². The molecule has 0 atom stereocenters. The highest BCUT2D eigenvalue weighted by molar-refractivity contribution is 5.58. The van der Waals surface area contributed by atoms with Gasteiger partial charge in [0.2, 0.25) is 0 Å². The topological polar surface area (TPSA) is 28.7 Å². The summed E-state index contributed by atoms with van der Waals surface area (Å²) in [5.41, 5.74) is 1.97. The lowest BCUT2D eigenvalue weighted by atomic mass is 10.1. The molecule has 0 aliphatic heterocycles. The number of H-pyrrole nitrogens is 1. The molecule has 17 heavy (non-hydrogen) atoms. The molecule has 3 heteroatoms. The van der Waals surface area contributed by atoms with Crippen molar-refractivity contribution in [2.75, 3.05) is 0 Å². The Bertz CT molecular complexity index is 495. The molecule has 1 aliphatic rings. The van der Waals surface area contributed by atoms with Crippen LogP contribution in [0.2, 0.25) is 0 Å². The largest absolute Gasteiger partial charge is 0.342 e. The first kappa shape index (κ1) is 10.5. The Morgan fingerprint density at radius 1 is 1.12 bits per heavy atom. The summed E-state index contributed by atoms with van der Waals surface area (Å²) in [6, 6.07) is 6.51. The second-order valence-corrected chi connectivity index (χ2v) is 4.67. The predicted octanol–water partition coefficient (Wildman–Crippen LogP) is 3.87. The number of imidazole rings is 1. The molecule has 88 valence electrons. The number of halogens is 1. The molecule has 0 bridgehead atoms. The van der Waals surface area contributed by atoms with Gasteiger partial charge in [0.15, 0.2) is 0 Å². The van der Waals surface area contributed by atoms with Crippen LogP contribution in [0, 0.1) is 5.82 Å². The van der Waals surface area contributed by atoms with E-state index in [2.05, 4.69) is 9.97 Å². The monoisotopic (exact) mass is 230 g/mol. The van der Waals surface area contributed by atoms with Gasteiger partial charge in [-0.25, -0.2) is 9.37 Å². The highest BCUT2D eigenvalue weighted by atomic mass is 19.1. The summed E-state index contributed by atoms with van der Waals surface area (Å²) >= 11 is 0. The summed E-state index contributed by atoms with van der Waals surface area (Å²) in [7, 11) is 0. The average molecular weight is 230 g/mol. The minimum Gasteiger partial charge on any atom is -0.342 e. The molecule has 0 saturated heterocycles. The molecule has 1 aromatic heterocycles. The molecule has 1 saturated carbocycles. The number of hydrogen-bond acceptors (Lipinski definition) is 1. The number of aromatic nitrogens is 2. The molecule has 2 aromatic rings. The fraction of sp³-hybridized carbons (Fsp3) is 0.357. The van der Waals surface area contributed by atoms with Crippen LogP contribution in [0.4, 0.5) is 4.39 Å². The lowest BCUT2D eigenvalue weighted by molar-refractivity contribution is 0.628. The van der Waals surface area contributed by atoms with E-state index in [9.17, 15) is 4.39 Å². The van der Waals surface area contributed by atoms with E-state index in [0.717, 1.165) is 17.1 Å². The Morgan fingerprint density at radius 3 is 2.53 bits per heavy atom. The molecule has 0 radical (unpaired) electrons. The van der Waals surface area contributed by atoms with Crippen molar-refractivity contribution in [3.63, 3.8) is 0 Å². The zero-order valence-corrected chi connectivity index (χ0v) is 9.62. The van der Waals surface area contributed by atoms with Crippen LogP contribution in [0.1, 0.15) is 37.4 Å². The van der Waals surface area contributed by atoms with Crippen LogP contribution in [-0.4, -0.2) is 9.97 Å². The van der Waals surface area contributed by atoms with Gasteiger partial charge < -0.3 is 4.98 Å². The number of aromatic amines is 1. The van der Waals surface area contributed by atoms with Gasteiger partial charge in [0.25, 0.3) is 0 Å². The summed E-state index contributed by atoms with van der Waals surface area (Å²) in [5.74, 6) is 1.47. The quantitative estimate of drug-likeness (QED) is 0.833. The number of rotatable bonds is 2. The van der Waals surface area contributed by atoms with Crippen molar-refractivity contribution >= 4 is 0 Å². The third kappa shape index (κ3) is 2.09. The van der Waals surface area contributed by atoms with Crippen molar-refractivity contribution in [3.05, 3.63) is 42.1 Å². The Kier molecular flexibility index (Phi) is 2.67. The van der Waals surface area contributed by atoms with Gasteiger partial charge in [0, 0.05) is 5.92 Å². The van der Waals surface area contributed by atoms with Gasteiger partial charge in [0.1, 0.15) is 11.6 Å². The number of benzene rings is 1. The third-order valence-electron chi connectivity index (χ3n) is 3.49. The summed E-state index contributed by atoms with van der Waals surface area (Å²) in [4.78, 5) is 7.80. The van der Waals surface area contributed by atoms with E-state index in [4.69, 9.17) is 0 Å². The minimum absolute atomic E-state index is 0.204. The lowest BCUT2D eigenvalue weighted by Gasteiger charge is -2.03. The van der Waals surface area contributed by atoms with Crippen LogP contribution < -0.4 is 0 Å². The molecule has 0 spiro atoms. The van der Waals surface area contributed by atoms with Crippen LogP contribution in [-0.2, 0) is 0 Å². The van der Waals surface area contributed by atoms with E-state index in [-0.39, 0.29) is 5.82 Å². The van der Waals surface area contributed by atoms with E-state index >= 15 is 0 Å². The Hall–Kier alpha value is -1.64. The molecule has 0 unspecified atom stereocenters. The molecular formula is C14H15FN2. The van der Waals surface area contributed by atoms with Gasteiger partial charge in [0.05, 0.1) is 11.9 Å². The van der Waals surface area contributed by atoms with Crippen molar-refractivity contribution in [3.8, 4) is 11.3 Å². The minimum atomic E-state index is -0.204. The van der Waals surface area contributed by atoms with Crippen LogP contribution >= 0.6 is 0 Å². The van der Waals surface area contributed by atoms with E-state index in [0.29, 0.717) is 5.92 Å². The molecule has 0 amide bonds. The predicted molar refractivity (Wildman–Crippen MR) is 65.2 cm³/mol. The van der Waals surface area contributed by atoms with Gasteiger partial charge >= 0.3 is 0 Å². The van der Waals surface area contributed by atoms with E-state index in [1.807, 2.05) is 6.20 Å². The second-order valence-electron chi connectivity index (χ2n) is 4.67. The van der Waals surface area contributed by atoms with Crippen LogP contribution in [0.25, 0.3) is 11.3 Å². The number of nitrogens with zero attached hydrogens (tertiary/aromatic N) is 1. The molecule has 1 N–H and O–H groups in total. The Balaban J connectivity index is 1.86. The molecule has 1 aliphatic carbocycles. The fourth-order valence-electron chi connectivity index (χ4n) is 2.52. The maximum absolute atomic E-state index is 12.8. The first-order valence-electron chi connectivity index (χ1n) is 6.14. The lowest BCUT2D eigenvalue weighted by Crippen LogP contribution is -1.94. The van der Waals surface area contributed by atoms with Crippen molar-refractivity contribution in [2.24, 2.45) is 0 Å². The normalized spacial score (nSPS) is 16.5. The van der Waals surface area contributed by atoms with Crippen molar-refractivity contribution in [1.29, 1.82) is 0 Å². The molecule has 1 heterocycles. The third-order valence-corrected chi connectivity index (χ3v) is 3.49. The zero-order chi connectivity index (χ0) is 11.7. The maximum Gasteiger partial charge on any atom is 0.123 e. The molecule has 1 fully saturated rings. The maximum atomic E-state index is 12.8. The molecule has 2 nitrogen and oxygen atoms in total. The first-order valence-corrected chi connectivity index (χ1v) is 6.14. The summed E-state index contributed by atoms with van der Waals surface area (Å²) < 4.78 is 12.8. The van der Waals surface area contributed by atoms with Gasteiger partial charge in [-0.05, 0) is 42.7 Å². The zero-order valence-electron chi connectivity index (χ0n) is 9.62. The highest BCUT2D eigenvalue weighted by Crippen LogP contribution is 2.33. The first-order chi connectivity index (χ1) is 8.33. The number of hydrogen-bond donors (Lipinski definition) is 1. The standard InChI is InChI=1S/C14H15FN2/c15-12-7-5-10(6-8-12)13-9-16-14(17-13)11-3-1-2-4-11/h5-9,11H,1-4H2,(H,16,17). The molecule has 1 aromatic carbocycles.